The maximum absolute atomic E-state index is 12.6. The van der Waals surface area contributed by atoms with Crippen LogP contribution in [0.2, 0.25) is 0 Å². The minimum Gasteiger partial charge on any atom is -0.355 e. The molecule has 0 aliphatic carbocycles. The van der Waals surface area contributed by atoms with Gasteiger partial charge in [-0.2, -0.15) is 0 Å². The Morgan fingerprint density at radius 3 is 2.52 bits per heavy atom. The number of anilines is 2. The quantitative estimate of drug-likeness (QED) is 0.764. The lowest BCUT2D eigenvalue weighted by Crippen LogP contribution is -2.38. The molecular formula is C22H24N4O. The molecule has 1 N–H and O–H groups in total. The second-order valence-corrected chi connectivity index (χ2v) is 7.27. The van der Waals surface area contributed by atoms with Gasteiger partial charge in [0.05, 0.1) is 17.2 Å². The SMILES string of the molecule is Cc1ccc(NC(=O)C2CCN(c3cnc4ccccc4n3)CC2)cc1C. The van der Waals surface area contributed by atoms with Crippen LogP contribution in [0.4, 0.5) is 11.5 Å². The Balaban J connectivity index is 1.38. The third kappa shape index (κ3) is 3.77. The summed E-state index contributed by atoms with van der Waals surface area (Å²) >= 11 is 0. The van der Waals surface area contributed by atoms with E-state index in [4.69, 9.17) is 4.98 Å². The maximum atomic E-state index is 12.6. The number of hydrogen-bond acceptors (Lipinski definition) is 4. The van der Waals surface area contributed by atoms with E-state index < -0.39 is 0 Å². The van der Waals surface area contributed by atoms with E-state index in [1.165, 1.54) is 11.1 Å². The lowest BCUT2D eigenvalue weighted by atomic mass is 9.95. The van der Waals surface area contributed by atoms with Crippen LogP contribution in [0.3, 0.4) is 0 Å². The first-order valence-electron chi connectivity index (χ1n) is 9.45. The normalized spacial score (nSPS) is 15.1. The van der Waals surface area contributed by atoms with Crippen LogP contribution in [0.25, 0.3) is 11.0 Å². The average molecular weight is 360 g/mol. The zero-order chi connectivity index (χ0) is 18.8. The largest absolute Gasteiger partial charge is 0.355 e. The lowest BCUT2D eigenvalue weighted by molar-refractivity contribution is -0.120. The third-order valence-corrected chi connectivity index (χ3v) is 5.40. The van der Waals surface area contributed by atoms with Gasteiger partial charge in [-0.1, -0.05) is 18.2 Å². The van der Waals surface area contributed by atoms with Crippen molar-refractivity contribution < 1.29 is 4.79 Å². The van der Waals surface area contributed by atoms with Gasteiger partial charge in [-0.25, -0.2) is 4.98 Å². The number of carbonyl (C=O) groups is 1. The van der Waals surface area contributed by atoms with Crippen molar-refractivity contribution in [3.05, 3.63) is 59.8 Å². The number of hydrogen-bond donors (Lipinski definition) is 1. The van der Waals surface area contributed by atoms with Crippen molar-refractivity contribution in [3.63, 3.8) is 0 Å². The highest BCUT2D eigenvalue weighted by molar-refractivity contribution is 5.92. The van der Waals surface area contributed by atoms with E-state index in [1.54, 1.807) is 0 Å². The fourth-order valence-electron chi connectivity index (χ4n) is 3.53. The Morgan fingerprint density at radius 2 is 1.78 bits per heavy atom. The second-order valence-electron chi connectivity index (χ2n) is 7.27. The number of carbonyl (C=O) groups excluding carboxylic acids is 1. The summed E-state index contributed by atoms with van der Waals surface area (Å²) in [4.78, 5) is 24.1. The molecule has 0 unspecified atom stereocenters. The molecule has 1 aliphatic rings. The molecule has 1 saturated heterocycles. The van der Waals surface area contributed by atoms with Crippen molar-refractivity contribution in [1.82, 2.24) is 9.97 Å². The summed E-state index contributed by atoms with van der Waals surface area (Å²) in [6.45, 7) is 5.77. The van der Waals surface area contributed by atoms with E-state index >= 15 is 0 Å². The Morgan fingerprint density at radius 1 is 1.04 bits per heavy atom. The summed E-state index contributed by atoms with van der Waals surface area (Å²) in [5.74, 6) is 1.04. The molecule has 1 aromatic heterocycles. The summed E-state index contributed by atoms with van der Waals surface area (Å²) < 4.78 is 0. The monoisotopic (exact) mass is 360 g/mol. The van der Waals surface area contributed by atoms with Gasteiger partial charge in [-0.3, -0.25) is 9.78 Å². The first-order valence-corrected chi connectivity index (χ1v) is 9.45. The van der Waals surface area contributed by atoms with Crippen LogP contribution in [0.1, 0.15) is 24.0 Å². The van der Waals surface area contributed by atoms with Crippen molar-refractivity contribution in [2.24, 2.45) is 5.92 Å². The van der Waals surface area contributed by atoms with Crippen molar-refractivity contribution in [3.8, 4) is 0 Å². The van der Waals surface area contributed by atoms with Gasteiger partial charge >= 0.3 is 0 Å². The van der Waals surface area contributed by atoms with E-state index in [0.29, 0.717) is 0 Å². The molecule has 1 amide bonds. The summed E-state index contributed by atoms with van der Waals surface area (Å²) in [5, 5.41) is 3.07. The van der Waals surface area contributed by atoms with Crippen LogP contribution < -0.4 is 10.2 Å². The van der Waals surface area contributed by atoms with E-state index in [0.717, 1.165) is 48.5 Å². The molecule has 0 atom stereocenters. The molecule has 0 radical (unpaired) electrons. The Bertz CT molecular complexity index is 977. The van der Waals surface area contributed by atoms with Gasteiger partial charge in [-0.15, -0.1) is 0 Å². The highest BCUT2D eigenvalue weighted by atomic mass is 16.1. The van der Waals surface area contributed by atoms with Gasteiger partial charge in [0.1, 0.15) is 5.82 Å². The summed E-state index contributed by atoms with van der Waals surface area (Å²) in [7, 11) is 0. The summed E-state index contributed by atoms with van der Waals surface area (Å²) in [6.07, 6.45) is 3.48. The smallest absolute Gasteiger partial charge is 0.227 e. The minimum atomic E-state index is 0.0382. The lowest BCUT2D eigenvalue weighted by Gasteiger charge is -2.32. The van der Waals surface area contributed by atoms with Gasteiger partial charge < -0.3 is 10.2 Å². The Kier molecular flexibility index (Phi) is 4.75. The highest BCUT2D eigenvalue weighted by Crippen LogP contribution is 2.24. The first kappa shape index (κ1) is 17.5. The van der Waals surface area contributed by atoms with Crippen molar-refractivity contribution in [1.29, 1.82) is 0 Å². The van der Waals surface area contributed by atoms with Crippen molar-refractivity contribution >= 4 is 28.4 Å². The molecule has 27 heavy (non-hydrogen) atoms. The topological polar surface area (TPSA) is 58.1 Å². The highest BCUT2D eigenvalue weighted by Gasteiger charge is 2.26. The molecule has 0 saturated carbocycles. The number of benzene rings is 2. The van der Waals surface area contributed by atoms with Gasteiger partial charge in [-0.05, 0) is 62.1 Å². The molecule has 3 aromatic rings. The number of nitrogens with zero attached hydrogens (tertiary/aromatic N) is 3. The number of rotatable bonds is 3. The number of para-hydroxylation sites is 2. The van der Waals surface area contributed by atoms with E-state index in [9.17, 15) is 4.79 Å². The van der Waals surface area contributed by atoms with E-state index in [1.807, 2.05) is 48.7 Å². The molecular weight excluding hydrogens is 336 g/mol. The Hall–Kier alpha value is -2.95. The van der Waals surface area contributed by atoms with Crippen LogP contribution in [-0.2, 0) is 4.79 Å². The van der Waals surface area contributed by atoms with Gasteiger partial charge in [0, 0.05) is 24.7 Å². The van der Waals surface area contributed by atoms with Gasteiger partial charge in [0.2, 0.25) is 5.91 Å². The maximum Gasteiger partial charge on any atom is 0.227 e. The molecule has 2 aromatic carbocycles. The second kappa shape index (κ2) is 7.35. The zero-order valence-electron chi connectivity index (χ0n) is 15.8. The Labute approximate surface area is 159 Å². The predicted molar refractivity (Wildman–Crippen MR) is 109 cm³/mol. The predicted octanol–water partition coefficient (Wildman–Crippen LogP) is 4.10. The zero-order valence-corrected chi connectivity index (χ0v) is 15.8. The number of aryl methyl sites for hydroxylation is 2. The number of fused-ring (bicyclic) bond motifs is 1. The van der Waals surface area contributed by atoms with E-state index in [2.05, 4.69) is 29.0 Å². The summed E-state index contributed by atoms with van der Waals surface area (Å²) in [6, 6.07) is 13.9. The van der Waals surface area contributed by atoms with Gasteiger partial charge in [0.15, 0.2) is 0 Å². The molecule has 1 fully saturated rings. The number of aromatic nitrogens is 2. The molecule has 1 aliphatic heterocycles. The molecule has 5 nitrogen and oxygen atoms in total. The molecule has 0 spiro atoms. The fraction of sp³-hybridized carbons (Fsp3) is 0.318. The van der Waals surface area contributed by atoms with Crippen LogP contribution in [0, 0.1) is 19.8 Å². The molecule has 2 heterocycles. The average Bonchev–Trinajstić information content (AvgIpc) is 2.70. The van der Waals surface area contributed by atoms with Crippen molar-refractivity contribution in [2.75, 3.05) is 23.3 Å². The van der Waals surface area contributed by atoms with Crippen LogP contribution >= 0.6 is 0 Å². The first-order chi connectivity index (χ1) is 13.1. The summed E-state index contributed by atoms with van der Waals surface area (Å²) in [5.41, 5.74) is 5.12. The number of amides is 1. The standard InChI is InChI=1S/C22H24N4O/c1-15-7-8-18(13-16(15)2)24-22(27)17-9-11-26(12-10-17)21-14-23-19-5-3-4-6-20(19)25-21/h3-8,13-14,17H,9-12H2,1-2H3,(H,24,27). The molecule has 138 valence electrons. The molecule has 4 rings (SSSR count). The third-order valence-electron chi connectivity index (χ3n) is 5.40. The van der Waals surface area contributed by atoms with E-state index in [-0.39, 0.29) is 11.8 Å². The van der Waals surface area contributed by atoms with Crippen LogP contribution in [0.5, 0.6) is 0 Å². The molecule has 5 heteroatoms. The van der Waals surface area contributed by atoms with Crippen molar-refractivity contribution in [2.45, 2.75) is 26.7 Å². The van der Waals surface area contributed by atoms with Crippen LogP contribution in [0.15, 0.2) is 48.7 Å². The van der Waals surface area contributed by atoms with Gasteiger partial charge in [0.25, 0.3) is 0 Å². The number of piperidine rings is 1. The number of nitrogens with one attached hydrogen (secondary N) is 1. The minimum absolute atomic E-state index is 0.0382. The fourth-order valence-corrected chi connectivity index (χ4v) is 3.53. The molecule has 0 bridgehead atoms. The van der Waals surface area contributed by atoms with Crippen LogP contribution in [-0.4, -0.2) is 29.0 Å².